The average molecular weight is 303 g/mol. The van der Waals surface area contributed by atoms with Gasteiger partial charge in [-0.15, -0.1) is 0 Å². The Kier molecular flexibility index (Phi) is 3.91. The van der Waals surface area contributed by atoms with Crippen molar-refractivity contribution >= 4 is 11.8 Å². The van der Waals surface area contributed by atoms with E-state index >= 15 is 0 Å². The van der Waals surface area contributed by atoms with Gasteiger partial charge in [-0.05, 0) is 20.0 Å². The van der Waals surface area contributed by atoms with Crippen LogP contribution in [0.3, 0.4) is 0 Å². The second-order valence-electron chi connectivity index (χ2n) is 5.95. The minimum absolute atomic E-state index is 0.0340. The lowest BCUT2D eigenvalue weighted by Gasteiger charge is -2.49. The molecule has 0 saturated carbocycles. The first kappa shape index (κ1) is 15.0. The SMILES string of the molecule is CCOC(=O)C1CN(C)C2(CCOc3ccccc32)CC1=O. The van der Waals surface area contributed by atoms with E-state index in [1.54, 1.807) is 6.92 Å². The van der Waals surface area contributed by atoms with Gasteiger partial charge in [-0.2, -0.15) is 0 Å². The lowest BCUT2D eigenvalue weighted by Crippen LogP contribution is -2.57. The number of piperidine rings is 1. The minimum atomic E-state index is -0.675. The predicted octanol–water partition coefficient (Wildman–Crippen LogP) is 1.75. The van der Waals surface area contributed by atoms with Crippen LogP contribution in [0, 0.1) is 5.92 Å². The van der Waals surface area contributed by atoms with Crippen molar-refractivity contribution in [1.29, 1.82) is 0 Å². The molecule has 0 N–H and O–H groups in total. The van der Waals surface area contributed by atoms with Crippen molar-refractivity contribution in [2.24, 2.45) is 5.92 Å². The van der Waals surface area contributed by atoms with E-state index in [-0.39, 0.29) is 11.3 Å². The van der Waals surface area contributed by atoms with E-state index in [1.807, 2.05) is 31.3 Å². The fraction of sp³-hybridized carbons (Fsp3) is 0.529. The van der Waals surface area contributed by atoms with Crippen LogP contribution >= 0.6 is 0 Å². The maximum absolute atomic E-state index is 12.6. The number of benzene rings is 1. The molecule has 2 atom stereocenters. The highest BCUT2D eigenvalue weighted by molar-refractivity contribution is 6.00. The van der Waals surface area contributed by atoms with Crippen LogP contribution in [0.5, 0.6) is 5.75 Å². The highest BCUT2D eigenvalue weighted by Gasteiger charge is 2.50. The summed E-state index contributed by atoms with van der Waals surface area (Å²) >= 11 is 0. The topological polar surface area (TPSA) is 55.8 Å². The minimum Gasteiger partial charge on any atom is -0.493 e. The Hall–Kier alpha value is -1.88. The summed E-state index contributed by atoms with van der Waals surface area (Å²) in [6.45, 7) is 3.03. The summed E-state index contributed by atoms with van der Waals surface area (Å²) in [5, 5.41) is 0. The average Bonchev–Trinajstić information content (AvgIpc) is 2.51. The van der Waals surface area contributed by atoms with E-state index in [4.69, 9.17) is 9.47 Å². The summed E-state index contributed by atoms with van der Waals surface area (Å²) in [5.41, 5.74) is 0.675. The fourth-order valence-corrected chi connectivity index (χ4v) is 3.57. The first-order chi connectivity index (χ1) is 10.6. The largest absolute Gasteiger partial charge is 0.493 e. The maximum Gasteiger partial charge on any atom is 0.317 e. The van der Waals surface area contributed by atoms with Gasteiger partial charge in [0.15, 0.2) is 5.78 Å². The summed E-state index contributed by atoms with van der Waals surface area (Å²) in [5.74, 6) is -0.281. The number of para-hydroxylation sites is 1. The normalized spacial score (nSPS) is 28.1. The number of ketones is 1. The summed E-state index contributed by atoms with van der Waals surface area (Å²) < 4.78 is 10.8. The van der Waals surface area contributed by atoms with Gasteiger partial charge in [0, 0.05) is 24.9 Å². The molecule has 0 bridgehead atoms. The Balaban J connectivity index is 1.92. The van der Waals surface area contributed by atoms with Crippen LogP contribution in [0.1, 0.15) is 25.3 Å². The van der Waals surface area contributed by atoms with E-state index in [1.165, 1.54) is 0 Å². The Morgan fingerprint density at radius 1 is 1.45 bits per heavy atom. The van der Waals surface area contributed by atoms with Crippen molar-refractivity contribution in [3.05, 3.63) is 29.8 Å². The Morgan fingerprint density at radius 2 is 2.23 bits per heavy atom. The molecule has 0 amide bonds. The predicted molar refractivity (Wildman–Crippen MR) is 80.6 cm³/mol. The molecule has 2 heterocycles. The number of carbonyl (C=O) groups is 2. The number of hydrogen-bond donors (Lipinski definition) is 0. The van der Waals surface area contributed by atoms with Crippen LogP contribution in [0.15, 0.2) is 24.3 Å². The first-order valence-corrected chi connectivity index (χ1v) is 7.71. The molecule has 1 fully saturated rings. The third-order valence-electron chi connectivity index (χ3n) is 4.78. The molecular formula is C17H21NO4. The highest BCUT2D eigenvalue weighted by atomic mass is 16.5. The molecule has 5 nitrogen and oxygen atoms in total. The van der Waals surface area contributed by atoms with Crippen molar-refractivity contribution in [3.8, 4) is 5.75 Å². The molecule has 0 radical (unpaired) electrons. The first-order valence-electron chi connectivity index (χ1n) is 7.71. The zero-order valence-corrected chi connectivity index (χ0v) is 13.0. The molecule has 22 heavy (non-hydrogen) atoms. The number of esters is 1. The summed E-state index contributed by atoms with van der Waals surface area (Å²) in [4.78, 5) is 26.7. The van der Waals surface area contributed by atoms with Gasteiger partial charge < -0.3 is 9.47 Å². The standard InChI is InChI=1S/C17H21NO4/c1-3-21-16(20)12-11-18(2)17(10-14(12)19)8-9-22-15-7-5-4-6-13(15)17/h4-7,12H,3,8-11H2,1-2H3. The molecular weight excluding hydrogens is 282 g/mol. The maximum atomic E-state index is 12.6. The van der Waals surface area contributed by atoms with Crippen LogP contribution < -0.4 is 4.74 Å². The quantitative estimate of drug-likeness (QED) is 0.615. The van der Waals surface area contributed by atoms with Crippen molar-refractivity contribution in [2.75, 3.05) is 26.8 Å². The lowest BCUT2D eigenvalue weighted by molar-refractivity contribution is -0.157. The number of ether oxygens (including phenoxy) is 2. The lowest BCUT2D eigenvalue weighted by atomic mass is 9.74. The molecule has 0 aromatic heterocycles. The molecule has 0 aliphatic carbocycles. The third kappa shape index (κ3) is 2.29. The second-order valence-corrected chi connectivity index (χ2v) is 5.95. The summed E-state index contributed by atoms with van der Waals surface area (Å²) in [6, 6.07) is 7.85. The van der Waals surface area contributed by atoms with Crippen molar-refractivity contribution in [2.45, 2.75) is 25.3 Å². The molecule has 5 heteroatoms. The molecule has 1 spiro atoms. The summed E-state index contributed by atoms with van der Waals surface area (Å²) in [7, 11) is 1.97. The molecule has 2 aliphatic rings. The van der Waals surface area contributed by atoms with Gasteiger partial charge in [0.1, 0.15) is 11.7 Å². The molecule has 1 saturated heterocycles. The van der Waals surface area contributed by atoms with Crippen LogP contribution in [0.4, 0.5) is 0 Å². The van der Waals surface area contributed by atoms with Gasteiger partial charge in [-0.3, -0.25) is 14.5 Å². The Morgan fingerprint density at radius 3 is 3.00 bits per heavy atom. The number of likely N-dealkylation sites (tertiary alicyclic amines) is 1. The van der Waals surface area contributed by atoms with Crippen LogP contribution in [-0.4, -0.2) is 43.5 Å². The van der Waals surface area contributed by atoms with Crippen molar-refractivity contribution in [1.82, 2.24) is 4.90 Å². The van der Waals surface area contributed by atoms with Crippen LogP contribution in [0.25, 0.3) is 0 Å². The molecule has 2 unspecified atom stereocenters. The van der Waals surface area contributed by atoms with Crippen molar-refractivity contribution < 1.29 is 19.1 Å². The molecule has 118 valence electrons. The van der Waals surface area contributed by atoms with Gasteiger partial charge in [0.2, 0.25) is 0 Å². The number of fused-ring (bicyclic) bond motifs is 2. The smallest absolute Gasteiger partial charge is 0.317 e. The van der Waals surface area contributed by atoms with Crippen LogP contribution in [-0.2, 0) is 19.9 Å². The van der Waals surface area contributed by atoms with Crippen LogP contribution in [0.2, 0.25) is 0 Å². The third-order valence-corrected chi connectivity index (χ3v) is 4.78. The van der Waals surface area contributed by atoms with E-state index in [0.29, 0.717) is 26.2 Å². The van der Waals surface area contributed by atoms with E-state index < -0.39 is 11.9 Å². The van der Waals surface area contributed by atoms with Crippen molar-refractivity contribution in [3.63, 3.8) is 0 Å². The zero-order chi connectivity index (χ0) is 15.7. The monoisotopic (exact) mass is 303 g/mol. The molecule has 1 aromatic carbocycles. The summed E-state index contributed by atoms with van der Waals surface area (Å²) in [6.07, 6.45) is 1.08. The van der Waals surface area contributed by atoms with Gasteiger partial charge in [0.25, 0.3) is 0 Å². The highest BCUT2D eigenvalue weighted by Crippen LogP contribution is 2.46. The molecule has 1 aromatic rings. The molecule has 3 rings (SSSR count). The fourth-order valence-electron chi connectivity index (χ4n) is 3.57. The molecule has 2 aliphatic heterocycles. The second kappa shape index (κ2) is 5.72. The van der Waals surface area contributed by atoms with Gasteiger partial charge in [-0.1, -0.05) is 18.2 Å². The van der Waals surface area contributed by atoms with Gasteiger partial charge in [0.05, 0.1) is 18.8 Å². The van der Waals surface area contributed by atoms with Gasteiger partial charge in [-0.25, -0.2) is 0 Å². The number of Topliss-reactive ketones (excluding diaryl/α,β-unsaturated/α-hetero) is 1. The Bertz CT molecular complexity index is 600. The van der Waals surface area contributed by atoms with E-state index in [2.05, 4.69) is 4.90 Å². The van der Waals surface area contributed by atoms with Gasteiger partial charge >= 0.3 is 5.97 Å². The van der Waals surface area contributed by atoms with E-state index in [9.17, 15) is 9.59 Å². The number of rotatable bonds is 2. The zero-order valence-electron chi connectivity index (χ0n) is 13.0. The Labute approximate surface area is 130 Å². The van der Waals surface area contributed by atoms with E-state index in [0.717, 1.165) is 17.7 Å². The number of hydrogen-bond acceptors (Lipinski definition) is 5. The number of carbonyl (C=O) groups excluding carboxylic acids is 2. The number of nitrogens with zero attached hydrogens (tertiary/aromatic N) is 1.